The van der Waals surface area contributed by atoms with Crippen LogP contribution in [0.5, 0.6) is 0 Å². The second-order valence-corrected chi connectivity index (χ2v) is 5.13. The van der Waals surface area contributed by atoms with Gasteiger partial charge in [-0.2, -0.15) is 0 Å². The summed E-state index contributed by atoms with van der Waals surface area (Å²) < 4.78 is 0. The maximum atomic E-state index is 3.49. The molecule has 96 valence electrons. The van der Waals surface area contributed by atoms with Crippen LogP contribution >= 0.6 is 0 Å². The van der Waals surface area contributed by atoms with Crippen molar-refractivity contribution >= 4 is 16.6 Å². The van der Waals surface area contributed by atoms with Crippen LogP contribution in [0.1, 0.15) is 16.7 Å². The van der Waals surface area contributed by atoms with E-state index in [1.807, 2.05) is 6.20 Å². The second-order valence-electron chi connectivity index (χ2n) is 5.13. The standard InChI is InChI=1S/C17H18N2/c1-12-7-13(2)9-16(8-12)19-11-14-3-4-17-15(10-14)5-6-18-17/h3-10,18-19H,11H2,1-2H3. The monoisotopic (exact) mass is 250 g/mol. The van der Waals surface area contributed by atoms with Crippen molar-refractivity contribution in [1.29, 1.82) is 0 Å². The molecule has 0 aliphatic carbocycles. The molecule has 2 nitrogen and oxygen atoms in total. The van der Waals surface area contributed by atoms with Gasteiger partial charge in [-0.05, 0) is 66.3 Å². The molecule has 19 heavy (non-hydrogen) atoms. The lowest BCUT2D eigenvalue weighted by molar-refractivity contribution is 1.15. The number of aromatic nitrogens is 1. The Kier molecular flexibility index (Phi) is 3.00. The Morgan fingerprint density at radius 1 is 0.947 bits per heavy atom. The minimum atomic E-state index is 0.851. The molecule has 0 atom stereocenters. The Morgan fingerprint density at radius 3 is 2.53 bits per heavy atom. The van der Waals surface area contributed by atoms with Crippen LogP contribution in [0.15, 0.2) is 48.7 Å². The maximum Gasteiger partial charge on any atom is 0.0454 e. The van der Waals surface area contributed by atoms with E-state index < -0.39 is 0 Å². The molecular formula is C17H18N2. The lowest BCUT2D eigenvalue weighted by Gasteiger charge is -2.09. The van der Waals surface area contributed by atoms with Gasteiger partial charge in [0.15, 0.2) is 0 Å². The van der Waals surface area contributed by atoms with Crippen molar-refractivity contribution < 1.29 is 0 Å². The van der Waals surface area contributed by atoms with Gasteiger partial charge in [0.25, 0.3) is 0 Å². The van der Waals surface area contributed by atoms with E-state index in [1.54, 1.807) is 0 Å². The van der Waals surface area contributed by atoms with Gasteiger partial charge in [0.1, 0.15) is 0 Å². The van der Waals surface area contributed by atoms with Crippen LogP contribution in [0, 0.1) is 13.8 Å². The summed E-state index contributed by atoms with van der Waals surface area (Å²) in [6.07, 6.45) is 1.98. The second kappa shape index (κ2) is 4.81. The van der Waals surface area contributed by atoms with Gasteiger partial charge in [-0.3, -0.25) is 0 Å². The summed E-state index contributed by atoms with van der Waals surface area (Å²) in [5.74, 6) is 0. The van der Waals surface area contributed by atoms with Crippen molar-refractivity contribution in [3.8, 4) is 0 Å². The molecule has 2 aromatic carbocycles. The van der Waals surface area contributed by atoms with E-state index in [0.717, 1.165) is 6.54 Å². The number of rotatable bonds is 3. The van der Waals surface area contributed by atoms with Gasteiger partial charge in [0.05, 0.1) is 0 Å². The summed E-state index contributed by atoms with van der Waals surface area (Å²) in [5.41, 5.74) is 6.26. The smallest absolute Gasteiger partial charge is 0.0454 e. The van der Waals surface area contributed by atoms with Crippen molar-refractivity contribution in [3.63, 3.8) is 0 Å². The SMILES string of the molecule is Cc1cc(C)cc(NCc2ccc3[nH]ccc3c2)c1. The highest BCUT2D eigenvalue weighted by atomic mass is 14.9. The maximum absolute atomic E-state index is 3.49. The van der Waals surface area contributed by atoms with Gasteiger partial charge >= 0.3 is 0 Å². The summed E-state index contributed by atoms with van der Waals surface area (Å²) in [7, 11) is 0. The zero-order valence-electron chi connectivity index (χ0n) is 11.3. The van der Waals surface area contributed by atoms with Crippen molar-refractivity contribution in [2.75, 3.05) is 5.32 Å². The van der Waals surface area contributed by atoms with Gasteiger partial charge in [-0.25, -0.2) is 0 Å². The number of nitrogens with one attached hydrogen (secondary N) is 2. The normalized spacial score (nSPS) is 10.8. The summed E-state index contributed by atoms with van der Waals surface area (Å²) in [6, 6.07) is 15.2. The van der Waals surface area contributed by atoms with Crippen LogP contribution in [-0.4, -0.2) is 4.98 Å². The first-order valence-electron chi connectivity index (χ1n) is 6.59. The Hall–Kier alpha value is -2.22. The fourth-order valence-electron chi connectivity index (χ4n) is 2.49. The third-order valence-electron chi connectivity index (χ3n) is 3.34. The van der Waals surface area contributed by atoms with E-state index in [0.29, 0.717) is 0 Å². The fourth-order valence-corrected chi connectivity index (χ4v) is 2.49. The molecule has 0 radical (unpaired) electrons. The van der Waals surface area contributed by atoms with Crippen LogP contribution in [-0.2, 0) is 6.54 Å². The zero-order chi connectivity index (χ0) is 13.2. The van der Waals surface area contributed by atoms with E-state index in [4.69, 9.17) is 0 Å². The molecule has 0 aliphatic heterocycles. The first-order chi connectivity index (χ1) is 9.20. The predicted octanol–water partition coefficient (Wildman–Crippen LogP) is 4.40. The first-order valence-corrected chi connectivity index (χ1v) is 6.59. The molecule has 2 heteroatoms. The van der Waals surface area contributed by atoms with Crippen molar-refractivity contribution in [1.82, 2.24) is 4.98 Å². The van der Waals surface area contributed by atoms with Crippen LogP contribution in [0.3, 0.4) is 0 Å². The number of fused-ring (bicyclic) bond motifs is 1. The van der Waals surface area contributed by atoms with Crippen molar-refractivity contribution in [2.45, 2.75) is 20.4 Å². The molecule has 1 heterocycles. The summed E-state index contributed by atoms with van der Waals surface area (Å²) >= 11 is 0. The molecule has 0 saturated heterocycles. The molecule has 2 N–H and O–H groups in total. The molecule has 0 fully saturated rings. The number of anilines is 1. The van der Waals surface area contributed by atoms with E-state index in [-0.39, 0.29) is 0 Å². The highest BCUT2D eigenvalue weighted by Crippen LogP contribution is 2.17. The van der Waals surface area contributed by atoms with Gasteiger partial charge in [-0.1, -0.05) is 12.1 Å². The molecule has 3 aromatic rings. The molecule has 1 aromatic heterocycles. The summed E-state index contributed by atoms with van der Waals surface area (Å²) in [4.78, 5) is 3.22. The Morgan fingerprint density at radius 2 is 1.74 bits per heavy atom. The molecule has 0 unspecified atom stereocenters. The molecule has 0 spiro atoms. The average Bonchev–Trinajstić information content (AvgIpc) is 2.82. The Bertz CT molecular complexity index is 690. The van der Waals surface area contributed by atoms with E-state index in [9.17, 15) is 0 Å². The van der Waals surface area contributed by atoms with E-state index in [2.05, 4.69) is 66.6 Å². The van der Waals surface area contributed by atoms with Gasteiger partial charge in [-0.15, -0.1) is 0 Å². The molecule has 3 rings (SSSR count). The van der Waals surface area contributed by atoms with Crippen LogP contribution in [0.2, 0.25) is 0 Å². The zero-order valence-corrected chi connectivity index (χ0v) is 11.3. The molecular weight excluding hydrogens is 232 g/mol. The highest BCUT2D eigenvalue weighted by molar-refractivity contribution is 5.79. The van der Waals surface area contributed by atoms with Crippen molar-refractivity contribution in [2.24, 2.45) is 0 Å². The average molecular weight is 250 g/mol. The number of benzene rings is 2. The number of hydrogen-bond acceptors (Lipinski definition) is 1. The summed E-state index contributed by atoms with van der Waals surface area (Å²) in [6.45, 7) is 5.11. The third-order valence-corrected chi connectivity index (χ3v) is 3.34. The lowest BCUT2D eigenvalue weighted by Crippen LogP contribution is -1.99. The number of aromatic amines is 1. The summed E-state index contributed by atoms with van der Waals surface area (Å²) in [5, 5.41) is 4.75. The van der Waals surface area contributed by atoms with Gasteiger partial charge in [0, 0.05) is 23.9 Å². The minimum Gasteiger partial charge on any atom is -0.381 e. The van der Waals surface area contributed by atoms with Gasteiger partial charge < -0.3 is 10.3 Å². The van der Waals surface area contributed by atoms with Crippen LogP contribution in [0.25, 0.3) is 10.9 Å². The number of hydrogen-bond donors (Lipinski definition) is 2. The van der Waals surface area contributed by atoms with Gasteiger partial charge in [0.2, 0.25) is 0 Å². The molecule has 0 amide bonds. The first kappa shape index (κ1) is 11.8. The largest absolute Gasteiger partial charge is 0.381 e. The van der Waals surface area contributed by atoms with E-state index >= 15 is 0 Å². The quantitative estimate of drug-likeness (QED) is 0.708. The molecule has 0 aliphatic rings. The Labute approximate surface area is 113 Å². The minimum absolute atomic E-state index is 0.851. The number of H-pyrrole nitrogens is 1. The predicted molar refractivity (Wildman–Crippen MR) is 81.5 cm³/mol. The molecule has 0 bridgehead atoms. The molecule has 0 saturated carbocycles. The fraction of sp³-hybridized carbons (Fsp3) is 0.176. The topological polar surface area (TPSA) is 27.8 Å². The lowest BCUT2D eigenvalue weighted by atomic mass is 10.1. The number of aryl methyl sites for hydroxylation is 2. The van der Waals surface area contributed by atoms with Crippen LogP contribution < -0.4 is 5.32 Å². The van der Waals surface area contributed by atoms with Crippen molar-refractivity contribution in [3.05, 3.63) is 65.4 Å². The Balaban J connectivity index is 1.77. The van der Waals surface area contributed by atoms with E-state index in [1.165, 1.54) is 33.3 Å². The highest BCUT2D eigenvalue weighted by Gasteiger charge is 1.99. The van der Waals surface area contributed by atoms with Crippen LogP contribution in [0.4, 0.5) is 5.69 Å². The third kappa shape index (κ3) is 2.63.